The Hall–Kier alpha value is -1.60. The first kappa shape index (κ1) is 13.5. The second kappa shape index (κ2) is 5.65. The van der Waals surface area contributed by atoms with Crippen molar-refractivity contribution in [3.05, 3.63) is 39.4 Å². The molecule has 17 heavy (non-hydrogen) atoms. The molecule has 7 heteroatoms. The molecule has 0 unspecified atom stereocenters. The van der Waals surface area contributed by atoms with Gasteiger partial charge in [0, 0.05) is 30.3 Å². The number of hydrogen-bond donors (Lipinski definition) is 2. The summed E-state index contributed by atoms with van der Waals surface area (Å²) >= 11 is 0. The second-order valence-electron chi connectivity index (χ2n) is 3.62. The highest BCUT2D eigenvalue weighted by Crippen LogP contribution is 2.21. The lowest BCUT2D eigenvalue weighted by molar-refractivity contribution is -0.387. The van der Waals surface area contributed by atoms with E-state index in [0.29, 0.717) is 6.07 Å². The van der Waals surface area contributed by atoms with Gasteiger partial charge in [-0.15, -0.1) is 0 Å². The molecule has 0 bridgehead atoms. The van der Waals surface area contributed by atoms with Gasteiger partial charge in [0.2, 0.25) is 5.82 Å². The second-order valence-corrected chi connectivity index (χ2v) is 3.62. The Kier molecular flexibility index (Phi) is 4.47. The normalized spacial score (nSPS) is 12.5. The summed E-state index contributed by atoms with van der Waals surface area (Å²) in [6.07, 6.45) is 0. The largest absolute Gasteiger partial charge is 0.395 e. The van der Waals surface area contributed by atoms with Gasteiger partial charge in [-0.25, -0.2) is 4.39 Å². The molecule has 2 N–H and O–H groups in total. The van der Waals surface area contributed by atoms with Crippen LogP contribution >= 0.6 is 0 Å². The average Bonchev–Trinajstić information content (AvgIpc) is 2.26. The van der Waals surface area contributed by atoms with E-state index in [1.165, 1.54) is 0 Å². The quantitative estimate of drug-likeness (QED) is 0.607. The van der Waals surface area contributed by atoms with Crippen molar-refractivity contribution in [2.45, 2.75) is 19.5 Å². The molecule has 0 aliphatic rings. The first-order valence-electron chi connectivity index (χ1n) is 4.92. The monoisotopic (exact) mass is 246 g/mol. The summed E-state index contributed by atoms with van der Waals surface area (Å²) in [6, 6.07) is 1.05. The third kappa shape index (κ3) is 3.43. The first-order valence-corrected chi connectivity index (χ1v) is 4.92. The average molecular weight is 246 g/mol. The van der Waals surface area contributed by atoms with Crippen molar-refractivity contribution in [3.8, 4) is 0 Å². The predicted octanol–water partition coefficient (Wildman–Crippen LogP) is 1.34. The van der Waals surface area contributed by atoms with Crippen LogP contribution in [0.1, 0.15) is 12.5 Å². The van der Waals surface area contributed by atoms with Crippen LogP contribution in [0.5, 0.6) is 0 Å². The smallest absolute Gasteiger partial charge is 0.305 e. The summed E-state index contributed by atoms with van der Waals surface area (Å²) in [6.45, 7) is 1.50. The number of aliphatic hydroxyl groups is 1. The number of nitro groups is 1. The maximum absolute atomic E-state index is 13.3. The molecule has 0 saturated carbocycles. The standard InChI is InChI=1S/C10H12F2N2O3/c1-6(5-15)13-4-7-2-10(14(16)17)9(12)3-8(7)11/h2-3,6,13,15H,4-5H2,1H3/t6-/m1/s1. The zero-order valence-corrected chi connectivity index (χ0v) is 9.11. The van der Waals surface area contributed by atoms with Gasteiger partial charge in [0.15, 0.2) is 0 Å². The maximum atomic E-state index is 13.3. The molecular formula is C10H12F2N2O3. The van der Waals surface area contributed by atoms with Crippen LogP contribution in [-0.2, 0) is 6.54 Å². The number of benzene rings is 1. The molecule has 0 aliphatic heterocycles. The molecule has 0 heterocycles. The van der Waals surface area contributed by atoms with Crippen molar-refractivity contribution in [3.63, 3.8) is 0 Å². The zero-order chi connectivity index (χ0) is 13.0. The molecule has 5 nitrogen and oxygen atoms in total. The molecule has 0 aliphatic carbocycles. The zero-order valence-electron chi connectivity index (χ0n) is 9.11. The lowest BCUT2D eigenvalue weighted by Gasteiger charge is -2.11. The minimum atomic E-state index is -1.20. The van der Waals surface area contributed by atoms with Crippen molar-refractivity contribution in [2.24, 2.45) is 0 Å². The molecule has 0 fully saturated rings. The highest BCUT2D eigenvalue weighted by Gasteiger charge is 2.18. The van der Waals surface area contributed by atoms with Gasteiger partial charge in [-0.3, -0.25) is 10.1 Å². The molecular weight excluding hydrogens is 234 g/mol. The fraction of sp³-hybridized carbons (Fsp3) is 0.400. The van der Waals surface area contributed by atoms with E-state index < -0.39 is 22.2 Å². The van der Waals surface area contributed by atoms with Crippen LogP contribution in [0, 0.1) is 21.7 Å². The van der Waals surface area contributed by atoms with Gasteiger partial charge in [0.1, 0.15) is 5.82 Å². The molecule has 0 amide bonds. The van der Waals surface area contributed by atoms with Crippen LogP contribution in [-0.4, -0.2) is 22.7 Å². The number of nitro benzene ring substituents is 1. The summed E-state index contributed by atoms with van der Waals surface area (Å²) < 4.78 is 26.3. The topological polar surface area (TPSA) is 75.4 Å². The van der Waals surface area contributed by atoms with E-state index in [1.54, 1.807) is 6.92 Å². The van der Waals surface area contributed by atoms with Crippen molar-refractivity contribution < 1.29 is 18.8 Å². The van der Waals surface area contributed by atoms with Crippen LogP contribution in [0.3, 0.4) is 0 Å². The Morgan fingerprint density at radius 3 is 2.65 bits per heavy atom. The van der Waals surface area contributed by atoms with Gasteiger partial charge in [-0.1, -0.05) is 0 Å². The summed E-state index contributed by atoms with van der Waals surface area (Å²) in [5, 5.41) is 21.9. The number of aliphatic hydroxyl groups excluding tert-OH is 1. The summed E-state index contributed by atoms with van der Waals surface area (Å²) in [4.78, 5) is 9.55. The molecule has 1 atom stereocenters. The molecule has 0 radical (unpaired) electrons. The van der Waals surface area contributed by atoms with E-state index in [2.05, 4.69) is 5.32 Å². The molecule has 1 aromatic carbocycles. The Labute approximate surface area is 96.2 Å². The number of nitrogens with zero attached hydrogens (tertiary/aromatic N) is 1. The molecule has 1 rings (SSSR count). The van der Waals surface area contributed by atoms with Gasteiger partial charge in [0.05, 0.1) is 11.5 Å². The molecule has 0 spiro atoms. The lowest BCUT2D eigenvalue weighted by Crippen LogP contribution is -2.29. The van der Waals surface area contributed by atoms with E-state index in [1.807, 2.05) is 0 Å². The molecule has 0 aromatic heterocycles. The summed E-state index contributed by atoms with van der Waals surface area (Å²) in [5.74, 6) is -2.06. The highest BCUT2D eigenvalue weighted by molar-refractivity contribution is 5.37. The minimum absolute atomic E-state index is 0.0154. The van der Waals surface area contributed by atoms with Crippen LogP contribution in [0.15, 0.2) is 12.1 Å². The van der Waals surface area contributed by atoms with Crippen LogP contribution < -0.4 is 5.32 Å². The number of halogens is 2. The van der Waals surface area contributed by atoms with Gasteiger partial charge in [-0.05, 0) is 6.92 Å². The molecule has 0 saturated heterocycles. The highest BCUT2D eigenvalue weighted by atomic mass is 19.1. The molecule has 1 aromatic rings. The van der Waals surface area contributed by atoms with E-state index in [9.17, 15) is 18.9 Å². The minimum Gasteiger partial charge on any atom is -0.395 e. The van der Waals surface area contributed by atoms with E-state index in [4.69, 9.17) is 5.11 Å². The first-order chi connectivity index (χ1) is 7.95. The van der Waals surface area contributed by atoms with Crippen molar-refractivity contribution in [1.82, 2.24) is 5.32 Å². The number of hydrogen-bond acceptors (Lipinski definition) is 4. The lowest BCUT2D eigenvalue weighted by atomic mass is 10.1. The summed E-state index contributed by atoms with van der Waals surface area (Å²) in [5.41, 5.74) is -0.779. The SMILES string of the molecule is C[C@H](CO)NCc1cc([N+](=O)[O-])c(F)cc1F. The van der Waals surface area contributed by atoms with Gasteiger partial charge < -0.3 is 10.4 Å². The fourth-order valence-corrected chi connectivity index (χ4v) is 1.20. The van der Waals surface area contributed by atoms with E-state index in [-0.39, 0.29) is 24.8 Å². The number of nitrogens with one attached hydrogen (secondary N) is 1. The van der Waals surface area contributed by atoms with Crippen LogP contribution in [0.4, 0.5) is 14.5 Å². The summed E-state index contributed by atoms with van der Waals surface area (Å²) in [7, 11) is 0. The van der Waals surface area contributed by atoms with Gasteiger partial charge in [0.25, 0.3) is 0 Å². The Bertz CT molecular complexity index is 426. The third-order valence-electron chi connectivity index (χ3n) is 2.23. The van der Waals surface area contributed by atoms with Gasteiger partial charge >= 0.3 is 5.69 Å². The van der Waals surface area contributed by atoms with Crippen molar-refractivity contribution >= 4 is 5.69 Å². The number of rotatable bonds is 5. The van der Waals surface area contributed by atoms with Crippen molar-refractivity contribution in [2.75, 3.05) is 6.61 Å². The van der Waals surface area contributed by atoms with E-state index in [0.717, 1.165) is 6.07 Å². The fourth-order valence-electron chi connectivity index (χ4n) is 1.20. The van der Waals surface area contributed by atoms with Crippen LogP contribution in [0.2, 0.25) is 0 Å². The predicted molar refractivity (Wildman–Crippen MR) is 56.4 cm³/mol. The van der Waals surface area contributed by atoms with E-state index >= 15 is 0 Å². The maximum Gasteiger partial charge on any atom is 0.305 e. The van der Waals surface area contributed by atoms with Gasteiger partial charge in [-0.2, -0.15) is 4.39 Å². The van der Waals surface area contributed by atoms with Crippen LogP contribution in [0.25, 0.3) is 0 Å². The Morgan fingerprint density at radius 2 is 2.12 bits per heavy atom. The Balaban J connectivity index is 2.92. The third-order valence-corrected chi connectivity index (χ3v) is 2.23. The Morgan fingerprint density at radius 1 is 1.47 bits per heavy atom. The van der Waals surface area contributed by atoms with Crippen molar-refractivity contribution in [1.29, 1.82) is 0 Å². The molecule has 94 valence electrons.